The predicted octanol–water partition coefficient (Wildman–Crippen LogP) is 4.00. The third-order valence-electron chi connectivity index (χ3n) is 4.95. The molecular weight excluding hydrogens is 593 g/mol. The zero-order chi connectivity index (χ0) is 27.4. The lowest BCUT2D eigenvalue weighted by molar-refractivity contribution is -0.145. The number of ether oxygens (including phenoxy) is 4. The van der Waals surface area contributed by atoms with Crippen molar-refractivity contribution in [2.75, 3.05) is 32.2 Å². The number of nitrogens with zero attached hydrogens (tertiary/aromatic N) is 1. The summed E-state index contributed by atoms with van der Waals surface area (Å²) >= 11 is 2.06. The van der Waals surface area contributed by atoms with Gasteiger partial charge < -0.3 is 24.3 Å². The Balaban J connectivity index is 2.10. The third kappa shape index (κ3) is 9.23. The Hall–Kier alpha value is -3.35. The number of rotatable bonds is 13. The number of halogens is 1. The molecule has 200 valence electrons. The Morgan fingerprint density at radius 2 is 1.73 bits per heavy atom. The van der Waals surface area contributed by atoms with Crippen LogP contribution in [0.5, 0.6) is 17.2 Å². The molecule has 0 fully saturated rings. The van der Waals surface area contributed by atoms with Crippen LogP contribution < -0.4 is 25.0 Å². The Labute approximate surface area is 230 Å². The van der Waals surface area contributed by atoms with Crippen molar-refractivity contribution < 1.29 is 33.3 Å². The monoisotopic (exact) mass is 625 g/mol. The molecule has 10 nitrogen and oxygen atoms in total. The fraction of sp³-hybridized carbons (Fsp3) is 0.385. The molecule has 0 radical (unpaired) electrons. The second-order valence-electron chi connectivity index (χ2n) is 8.03. The van der Waals surface area contributed by atoms with E-state index in [1.54, 1.807) is 64.3 Å². The number of hydrazone groups is 1. The largest absolute Gasteiger partial charge is 0.497 e. The highest BCUT2D eigenvalue weighted by molar-refractivity contribution is 14.1. The Bertz CT molecular complexity index is 1100. The average molecular weight is 625 g/mol. The summed E-state index contributed by atoms with van der Waals surface area (Å²) in [6.07, 6.45) is 1.44. The first-order valence-electron chi connectivity index (χ1n) is 11.7. The molecule has 0 spiro atoms. The zero-order valence-corrected chi connectivity index (χ0v) is 23.7. The van der Waals surface area contributed by atoms with Crippen LogP contribution >= 0.6 is 22.6 Å². The minimum atomic E-state index is -0.961. The zero-order valence-electron chi connectivity index (χ0n) is 21.5. The molecule has 0 aliphatic heterocycles. The molecular formula is C26H32IN3O7. The van der Waals surface area contributed by atoms with Crippen molar-refractivity contribution in [2.45, 2.75) is 27.7 Å². The maximum absolute atomic E-state index is 12.8. The van der Waals surface area contributed by atoms with Gasteiger partial charge in [-0.25, -0.2) is 10.2 Å². The van der Waals surface area contributed by atoms with Gasteiger partial charge in [0.15, 0.2) is 18.1 Å². The maximum atomic E-state index is 12.8. The second kappa shape index (κ2) is 15.0. The number of esters is 1. The van der Waals surface area contributed by atoms with Crippen molar-refractivity contribution in [2.24, 2.45) is 16.9 Å². The van der Waals surface area contributed by atoms with Crippen LogP contribution in [0.3, 0.4) is 0 Å². The molecule has 0 aliphatic rings. The molecule has 2 N–H and O–H groups in total. The van der Waals surface area contributed by atoms with E-state index in [4.69, 9.17) is 18.9 Å². The van der Waals surface area contributed by atoms with Crippen molar-refractivity contribution in [3.8, 4) is 17.2 Å². The Morgan fingerprint density at radius 1 is 1.03 bits per heavy atom. The first-order valence-corrected chi connectivity index (χ1v) is 12.8. The molecule has 0 aliphatic carbocycles. The summed E-state index contributed by atoms with van der Waals surface area (Å²) in [6, 6.07) is 10.3. The van der Waals surface area contributed by atoms with E-state index in [2.05, 4.69) is 38.4 Å². The molecule has 1 unspecified atom stereocenters. The van der Waals surface area contributed by atoms with Crippen molar-refractivity contribution in [3.05, 3.63) is 45.5 Å². The number of carbonyl (C=O) groups excluding carboxylic acids is 3. The van der Waals surface area contributed by atoms with E-state index in [0.717, 1.165) is 0 Å². The molecule has 0 saturated carbocycles. The van der Waals surface area contributed by atoms with Gasteiger partial charge in [-0.3, -0.25) is 9.59 Å². The predicted molar refractivity (Wildman–Crippen MR) is 148 cm³/mol. The summed E-state index contributed by atoms with van der Waals surface area (Å²) in [5.41, 5.74) is 3.63. The van der Waals surface area contributed by atoms with Gasteiger partial charge in [0.05, 0.1) is 30.1 Å². The molecule has 2 amide bonds. The van der Waals surface area contributed by atoms with Crippen LogP contribution in [0.2, 0.25) is 0 Å². The van der Waals surface area contributed by atoms with Gasteiger partial charge in [0.1, 0.15) is 11.7 Å². The maximum Gasteiger partial charge on any atom is 0.344 e. The topological polar surface area (TPSA) is 125 Å². The number of hydrogen-bond donors (Lipinski definition) is 2. The van der Waals surface area contributed by atoms with E-state index in [0.29, 0.717) is 38.7 Å². The van der Waals surface area contributed by atoms with Gasteiger partial charge in [-0.1, -0.05) is 13.8 Å². The summed E-state index contributed by atoms with van der Waals surface area (Å²) < 4.78 is 22.0. The van der Waals surface area contributed by atoms with Crippen molar-refractivity contribution >= 4 is 52.3 Å². The normalized spacial score (nSPS) is 11.6. The van der Waals surface area contributed by atoms with Gasteiger partial charge in [0.25, 0.3) is 5.91 Å². The molecule has 2 aromatic carbocycles. The van der Waals surface area contributed by atoms with Crippen LogP contribution in [0.25, 0.3) is 0 Å². The molecule has 1 atom stereocenters. The SMILES string of the molecule is CCOC(=O)COc1c(I)cc(C=NNC(=O)C(C(=O)Nc2ccc(OC)cc2)C(C)C)cc1OCC. The van der Waals surface area contributed by atoms with Gasteiger partial charge in [-0.2, -0.15) is 5.10 Å². The fourth-order valence-corrected chi connectivity index (χ4v) is 4.04. The smallest absolute Gasteiger partial charge is 0.344 e. The van der Waals surface area contributed by atoms with Crippen LogP contribution in [0.4, 0.5) is 5.69 Å². The number of methoxy groups -OCH3 is 1. The molecule has 0 bridgehead atoms. The minimum absolute atomic E-state index is 0.247. The van der Waals surface area contributed by atoms with Crippen molar-refractivity contribution in [3.63, 3.8) is 0 Å². The van der Waals surface area contributed by atoms with Gasteiger partial charge in [0.2, 0.25) is 5.91 Å². The van der Waals surface area contributed by atoms with E-state index in [9.17, 15) is 14.4 Å². The van der Waals surface area contributed by atoms with Gasteiger partial charge in [-0.15, -0.1) is 0 Å². The molecule has 0 saturated heterocycles. The Kier molecular flexibility index (Phi) is 12.1. The summed E-state index contributed by atoms with van der Waals surface area (Å²) in [5, 5.41) is 6.79. The lowest BCUT2D eigenvalue weighted by Gasteiger charge is -2.18. The number of nitrogens with one attached hydrogen (secondary N) is 2. The van der Waals surface area contributed by atoms with Crippen LogP contribution in [-0.2, 0) is 19.1 Å². The fourth-order valence-electron chi connectivity index (χ4n) is 3.26. The highest BCUT2D eigenvalue weighted by Crippen LogP contribution is 2.34. The van der Waals surface area contributed by atoms with Gasteiger partial charge in [-0.05, 0) is 84.3 Å². The van der Waals surface area contributed by atoms with Crippen molar-refractivity contribution in [1.29, 1.82) is 0 Å². The first-order chi connectivity index (χ1) is 17.7. The summed E-state index contributed by atoms with van der Waals surface area (Å²) in [6.45, 7) is 7.51. The molecule has 11 heteroatoms. The number of amides is 2. The third-order valence-corrected chi connectivity index (χ3v) is 5.75. The average Bonchev–Trinajstić information content (AvgIpc) is 2.84. The van der Waals surface area contributed by atoms with Crippen LogP contribution in [-0.4, -0.2) is 50.9 Å². The lowest BCUT2D eigenvalue weighted by Crippen LogP contribution is -2.39. The van der Waals surface area contributed by atoms with E-state index in [1.165, 1.54) is 6.21 Å². The second-order valence-corrected chi connectivity index (χ2v) is 9.19. The molecule has 0 heterocycles. The van der Waals surface area contributed by atoms with Crippen LogP contribution in [0.15, 0.2) is 41.5 Å². The summed E-state index contributed by atoms with van der Waals surface area (Å²) in [4.78, 5) is 37.3. The molecule has 2 rings (SSSR count). The summed E-state index contributed by atoms with van der Waals surface area (Å²) in [7, 11) is 1.56. The molecule has 0 aromatic heterocycles. The number of anilines is 1. The summed E-state index contributed by atoms with van der Waals surface area (Å²) in [5.74, 6) is -1.20. The molecule has 2 aromatic rings. The van der Waals surface area contributed by atoms with E-state index in [-0.39, 0.29) is 19.1 Å². The van der Waals surface area contributed by atoms with Crippen LogP contribution in [0.1, 0.15) is 33.3 Å². The van der Waals surface area contributed by atoms with E-state index >= 15 is 0 Å². The highest BCUT2D eigenvalue weighted by Gasteiger charge is 2.30. The highest BCUT2D eigenvalue weighted by atomic mass is 127. The minimum Gasteiger partial charge on any atom is -0.497 e. The van der Waals surface area contributed by atoms with Crippen molar-refractivity contribution in [1.82, 2.24) is 5.43 Å². The van der Waals surface area contributed by atoms with E-state index in [1.807, 2.05) is 6.92 Å². The van der Waals surface area contributed by atoms with Gasteiger partial charge >= 0.3 is 5.97 Å². The number of carbonyl (C=O) groups is 3. The van der Waals surface area contributed by atoms with Crippen LogP contribution in [0, 0.1) is 15.4 Å². The molecule has 37 heavy (non-hydrogen) atoms. The number of hydrogen-bond acceptors (Lipinski definition) is 8. The Morgan fingerprint density at radius 3 is 2.32 bits per heavy atom. The standard InChI is InChI=1S/C26H32IN3O7/c1-6-35-21-13-17(12-20(27)24(21)37-15-22(31)36-7-2)14-28-30-26(33)23(16(3)4)25(32)29-18-8-10-19(34-5)11-9-18/h8-14,16,23H,6-7,15H2,1-5H3,(H,29,32)(H,30,33). The lowest BCUT2D eigenvalue weighted by atomic mass is 9.94. The van der Waals surface area contributed by atoms with Gasteiger partial charge in [0, 0.05) is 5.69 Å². The van der Waals surface area contributed by atoms with E-state index < -0.39 is 23.7 Å². The first kappa shape index (κ1) is 29.9. The number of benzene rings is 2. The quantitative estimate of drug-likeness (QED) is 0.113.